The second-order valence-corrected chi connectivity index (χ2v) is 7.37. The lowest BCUT2D eigenvalue weighted by atomic mass is 10.0. The van der Waals surface area contributed by atoms with Crippen LogP contribution in [0.4, 0.5) is 0 Å². The molecular weight excluding hydrogens is 328 g/mol. The summed E-state index contributed by atoms with van der Waals surface area (Å²) >= 11 is 0. The Hall–Kier alpha value is -2.04. The second kappa shape index (κ2) is 9.60. The number of nitrogens with zero attached hydrogens (tertiary/aromatic N) is 1. The SMILES string of the molecule is CCCC(=O)NC1CCN(C(=O)C(C)Oc2ccccc2C(C)C)CC1. The van der Waals surface area contributed by atoms with E-state index in [0.29, 0.717) is 25.4 Å². The third kappa shape index (κ3) is 5.48. The van der Waals surface area contributed by atoms with Crippen molar-refractivity contribution in [2.24, 2.45) is 0 Å². The first-order chi connectivity index (χ1) is 12.4. The Morgan fingerprint density at radius 2 is 1.85 bits per heavy atom. The third-order valence-electron chi connectivity index (χ3n) is 4.84. The largest absolute Gasteiger partial charge is 0.481 e. The number of piperidine rings is 1. The topological polar surface area (TPSA) is 58.6 Å². The summed E-state index contributed by atoms with van der Waals surface area (Å²) in [5, 5.41) is 3.06. The molecule has 144 valence electrons. The molecule has 0 spiro atoms. The van der Waals surface area contributed by atoms with Gasteiger partial charge in [-0.05, 0) is 43.7 Å². The molecule has 1 aliphatic heterocycles. The Labute approximate surface area is 157 Å². The number of hydrogen-bond acceptors (Lipinski definition) is 3. The van der Waals surface area contributed by atoms with Crippen LogP contribution in [-0.2, 0) is 9.59 Å². The molecule has 1 aliphatic rings. The summed E-state index contributed by atoms with van der Waals surface area (Å²) in [4.78, 5) is 26.3. The summed E-state index contributed by atoms with van der Waals surface area (Å²) in [6.07, 6.45) is 2.52. The Balaban J connectivity index is 1.87. The number of benzene rings is 1. The Kier molecular flexibility index (Phi) is 7.49. The van der Waals surface area contributed by atoms with Crippen molar-refractivity contribution in [3.63, 3.8) is 0 Å². The molecule has 0 bridgehead atoms. The minimum Gasteiger partial charge on any atom is -0.481 e. The van der Waals surface area contributed by atoms with Gasteiger partial charge in [-0.15, -0.1) is 0 Å². The summed E-state index contributed by atoms with van der Waals surface area (Å²) in [6.45, 7) is 9.37. The highest BCUT2D eigenvalue weighted by molar-refractivity contribution is 5.81. The molecule has 5 nitrogen and oxygen atoms in total. The predicted molar refractivity (Wildman–Crippen MR) is 103 cm³/mol. The molecule has 5 heteroatoms. The first-order valence-electron chi connectivity index (χ1n) is 9.76. The lowest BCUT2D eigenvalue weighted by Gasteiger charge is -2.34. The summed E-state index contributed by atoms with van der Waals surface area (Å²) in [5.74, 6) is 1.25. The molecule has 1 aromatic rings. The minimum atomic E-state index is -0.513. The van der Waals surface area contributed by atoms with Crippen LogP contribution in [0.5, 0.6) is 5.75 Å². The number of para-hydroxylation sites is 1. The fourth-order valence-corrected chi connectivity index (χ4v) is 3.33. The predicted octanol–water partition coefficient (Wildman–Crippen LogP) is 3.48. The average molecular weight is 360 g/mol. The van der Waals surface area contributed by atoms with Crippen molar-refractivity contribution in [1.82, 2.24) is 10.2 Å². The highest BCUT2D eigenvalue weighted by Gasteiger charge is 2.28. The van der Waals surface area contributed by atoms with Gasteiger partial charge in [0.1, 0.15) is 5.75 Å². The standard InChI is InChI=1S/C21H32N2O3/c1-5-8-20(24)22-17-11-13-23(14-12-17)21(25)16(4)26-19-10-7-6-9-18(19)15(2)3/h6-7,9-10,15-17H,5,8,11-14H2,1-4H3,(H,22,24). The molecule has 1 atom stereocenters. The molecule has 2 rings (SSSR count). The monoisotopic (exact) mass is 360 g/mol. The third-order valence-corrected chi connectivity index (χ3v) is 4.84. The first kappa shape index (κ1) is 20.3. The Morgan fingerprint density at radius 1 is 1.19 bits per heavy atom. The van der Waals surface area contributed by atoms with Gasteiger partial charge in [-0.25, -0.2) is 0 Å². The average Bonchev–Trinajstić information content (AvgIpc) is 2.62. The van der Waals surface area contributed by atoms with E-state index in [4.69, 9.17) is 4.74 Å². The van der Waals surface area contributed by atoms with Crippen LogP contribution < -0.4 is 10.1 Å². The number of carbonyl (C=O) groups excluding carboxylic acids is 2. The zero-order valence-corrected chi connectivity index (χ0v) is 16.5. The minimum absolute atomic E-state index is 0.0156. The maximum absolute atomic E-state index is 12.7. The number of rotatable bonds is 7. The first-order valence-corrected chi connectivity index (χ1v) is 9.76. The molecule has 1 heterocycles. The van der Waals surface area contributed by atoms with Crippen molar-refractivity contribution in [3.8, 4) is 5.75 Å². The fourth-order valence-electron chi connectivity index (χ4n) is 3.33. The zero-order valence-electron chi connectivity index (χ0n) is 16.5. The van der Waals surface area contributed by atoms with Gasteiger partial charge >= 0.3 is 0 Å². The lowest BCUT2D eigenvalue weighted by molar-refractivity contribution is -0.139. The van der Waals surface area contributed by atoms with E-state index in [1.54, 1.807) is 0 Å². The highest BCUT2D eigenvalue weighted by Crippen LogP contribution is 2.27. The van der Waals surface area contributed by atoms with Crippen molar-refractivity contribution in [1.29, 1.82) is 0 Å². The van der Waals surface area contributed by atoms with E-state index in [-0.39, 0.29) is 17.9 Å². The van der Waals surface area contributed by atoms with Gasteiger partial charge in [0.2, 0.25) is 5.91 Å². The smallest absolute Gasteiger partial charge is 0.263 e. The van der Waals surface area contributed by atoms with Crippen molar-refractivity contribution in [3.05, 3.63) is 29.8 Å². The van der Waals surface area contributed by atoms with E-state index in [1.165, 1.54) is 0 Å². The molecular formula is C21H32N2O3. The number of hydrogen-bond donors (Lipinski definition) is 1. The van der Waals surface area contributed by atoms with E-state index in [2.05, 4.69) is 19.2 Å². The van der Waals surface area contributed by atoms with E-state index >= 15 is 0 Å². The number of nitrogens with one attached hydrogen (secondary N) is 1. The zero-order chi connectivity index (χ0) is 19.1. The number of ether oxygens (including phenoxy) is 1. The number of likely N-dealkylation sites (tertiary alicyclic amines) is 1. The van der Waals surface area contributed by atoms with Crippen LogP contribution in [0, 0.1) is 0 Å². The number of amides is 2. The maximum atomic E-state index is 12.7. The van der Waals surface area contributed by atoms with Gasteiger partial charge in [0.05, 0.1) is 0 Å². The molecule has 1 N–H and O–H groups in total. The molecule has 1 aromatic carbocycles. The van der Waals surface area contributed by atoms with Crippen LogP contribution in [0.15, 0.2) is 24.3 Å². The van der Waals surface area contributed by atoms with Crippen LogP contribution >= 0.6 is 0 Å². The summed E-state index contributed by atoms with van der Waals surface area (Å²) < 4.78 is 5.98. The van der Waals surface area contributed by atoms with Gasteiger partial charge < -0.3 is 15.0 Å². The fraction of sp³-hybridized carbons (Fsp3) is 0.619. The van der Waals surface area contributed by atoms with Gasteiger partial charge in [-0.2, -0.15) is 0 Å². The van der Waals surface area contributed by atoms with Crippen LogP contribution in [-0.4, -0.2) is 41.9 Å². The Bertz CT molecular complexity index is 607. The van der Waals surface area contributed by atoms with Gasteiger partial charge in [0, 0.05) is 25.6 Å². The molecule has 2 amide bonds. The molecule has 1 fully saturated rings. The van der Waals surface area contributed by atoms with E-state index in [0.717, 1.165) is 30.6 Å². The van der Waals surface area contributed by atoms with Crippen LogP contribution in [0.2, 0.25) is 0 Å². The molecule has 0 aliphatic carbocycles. The maximum Gasteiger partial charge on any atom is 0.263 e. The number of carbonyl (C=O) groups is 2. The summed E-state index contributed by atoms with van der Waals surface area (Å²) in [7, 11) is 0. The van der Waals surface area contributed by atoms with Crippen molar-refractivity contribution in [2.45, 2.75) is 71.4 Å². The Morgan fingerprint density at radius 3 is 2.46 bits per heavy atom. The van der Waals surface area contributed by atoms with E-state index < -0.39 is 6.10 Å². The normalized spacial score (nSPS) is 16.4. The molecule has 0 saturated carbocycles. The van der Waals surface area contributed by atoms with Gasteiger partial charge in [-0.3, -0.25) is 9.59 Å². The molecule has 1 saturated heterocycles. The van der Waals surface area contributed by atoms with Gasteiger partial charge in [0.25, 0.3) is 5.91 Å². The molecule has 0 aromatic heterocycles. The van der Waals surface area contributed by atoms with Crippen molar-refractivity contribution < 1.29 is 14.3 Å². The molecule has 0 radical (unpaired) electrons. The van der Waals surface area contributed by atoms with Crippen molar-refractivity contribution >= 4 is 11.8 Å². The lowest BCUT2D eigenvalue weighted by Crippen LogP contribution is -2.49. The van der Waals surface area contributed by atoms with Crippen LogP contribution in [0.3, 0.4) is 0 Å². The van der Waals surface area contributed by atoms with Crippen molar-refractivity contribution in [2.75, 3.05) is 13.1 Å². The highest BCUT2D eigenvalue weighted by atomic mass is 16.5. The summed E-state index contributed by atoms with van der Waals surface area (Å²) in [5.41, 5.74) is 1.12. The van der Waals surface area contributed by atoms with E-state index in [1.807, 2.05) is 43.0 Å². The van der Waals surface area contributed by atoms with E-state index in [9.17, 15) is 9.59 Å². The second-order valence-electron chi connectivity index (χ2n) is 7.37. The van der Waals surface area contributed by atoms with Crippen LogP contribution in [0.25, 0.3) is 0 Å². The van der Waals surface area contributed by atoms with Gasteiger partial charge in [0.15, 0.2) is 6.10 Å². The quantitative estimate of drug-likeness (QED) is 0.810. The van der Waals surface area contributed by atoms with Gasteiger partial charge in [-0.1, -0.05) is 39.0 Å². The summed E-state index contributed by atoms with van der Waals surface area (Å²) in [6, 6.07) is 8.07. The molecule has 26 heavy (non-hydrogen) atoms. The van der Waals surface area contributed by atoms with Crippen LogP contribution in [0.1, 0.15) is 64.9 Å². The molecule has 1 unspecified atom stereocenters.